The minimum atomic E-state index is -0.284. The molecule has 0 radical (unpaired) electrons. The van der Waals surface area contributed by atoms with E-state index in [2.05, 4.69) is 5.32 Å². The van der Waals surface area contributed by atoms with Crippen LogP contribution in [-0.4, -0.2) is 27.2 Å². The van der Waals surface area contributed by atoms with Crippen molar-refractivity contribution in [2.75, 3.05) is 21.3 Å². The van der Waals surface area contributed by atoms with E-state index in [1.54, 1.807) is 45.6 Å². The topological polar surface area (TPSA) is 69.9 Å². The summed E-state index contributed by atoms with van der Waals surface area (Å²) in [5.41, 5.74) is 0.824. The highest BCUT2D eigenvalue weighted by molar-refractivity contribution is 5.91. The van der Waals surface area contributed by atoms with Crippen LogP contribution >= 0.6 is 0 Å². The minimum Gasteiger partial charge on any atom is -0.493 e. The van der Waals surface area contributed by atoms with Crippen LogP contribution in [0.25, 0.3) is 0 Å². The lowest BCUT2D eigenvalue weighted by Gasteiger charge is -2.14. The number of rotatable bonds is 6. The summed E-state index contributed by atoms with van der Waals surface area (Å²) >= 11 is 0. The number of carbonyl (C=O) groups excluding carboxylic acids is 1. The fraction of sp³-hybridized carbons (Fsp3) is 0.267. The molecule has 0 aliphatic heterocycles. The van der Waals surface area contributed by atoms with Gasteiger partial charge in [-0.3, -0.25) is 4.79 Å². The molecular weight excluding hydrogens is 274 g/mol. The second-order valence-electron chi connectivity index (χ2n) is 4.19. The summed E-state index contributed by atoms with van der Waals surface area (Å²) in [5.74, 6) is 1.58. The van der Waals surface area contributed by atoms with Gasteiger partial charge in [-0.2, -0.15) is 0 Å². The molecule has 1 N–H and O–H groups in total. The molecule has 1 amide bonds. The third-order valence-electron chi connectivity index (χ3n) is 2.92. The van der Waals surface area contributed by atoms with Gasteiger partial charge >= 0.3 is 0 Å². The number of benzene rings is 1. The highest BCUT2D eigenvalue weighted by atomic mass is 16.5. The van der Waals surface area contributed by atoms with Crippen LogP contribution in [0.3, 0.4) is 0 Å². The molecule has 0 aliphatic carbocycles. The van der Waals surface area contributed by atoms with Crippen LogP contribution < -0.4 is 19.5 Å². The maximum atomic E-state index is 11.8. The van der Waals surface area contributed by atoms with Gasteiger partial charge in [0.1, 0.15) is 0 Å². The number of methoxy groups -OCH3 is 3. The lowest BCUT2D eigenvalue weighted by atomic mass is 10.1. The quantitative estimate of drug-likeness (QED) is 0.884. The average Bonchev–Trinajstić information content (AvgIpc) is 3.05. The van der Waals surface area contributed by atoms with Gasteiger partial charge in [0, 0.05) is 6.54 Å². The van der Waals surface area contributed by atoms with Gasteiger partial charge in [0.15, 0.2) is 17.3 Å². The van der Waals surface area contributed by atoms with Crippen molar-refractivity contribution in [3.05, 3.63) is 41.9 Å². The second kappa shape index (κ2) is 6.69. The molecule has 112 valence electrons. The Labute approximate surface area is 122 Å². The molecule has 0 fully saturated rings. The van der Waals surface area contributed by atoms with Crippen LogP contribution in [0.1, 0.15) is 16.1 Å². The molecule has 1 aromatic heterocycles. The summed E-state index contributed by atoms with van der Waals surface area (Å²) in [4.78, 5) is 11.8. The van der Waals surface area contributed by atoms with Crippen molar-refractivity contribution >= 4 is 5.91 Å². The summed E-state index contributed by atoms with van der Waals surface area (Å²) in [6, 6.07) is 6.83. The zero-order chi connectivity index (χ0) is 15.2. The molecule has 0 bridgehead atoms. The van der Waals surface area contributed by atoms with Crippen LogP contribution in [0.4, 0.5) is 0 Å². The molecule has 2 aromatic rings. The van der Waals surface area contributed by atoms with Gasteiger partial charge in [0.2, 0.25) is 5.75 Å². The van der Waals surface area contributed by atoms with E-state index in [0.29, 0.717) is 23.8 Å². The first kappa shape index (κ1) is 14.8. The van der Waals surface area contributed by atoms with E-state index in [-0.39, 0.29) is 11.7 Å². The molecule has 0 aliphatic rings. The fourth-order valence-corrected chi connectivity index (χ4v) is 1.91. The number of hydrogen-bond acceptors (Lipinski definition) is 5. The summed E-state index contributed by atoms with van der Waals surface area (Å²) in [5, 5.41) is 2.76. The molecule has 0 saturated carbocycles. The molecule has 21 heavy (non-hydrogen) atoms. The predicted octanol–water partition coefficient (Wildman–Crippen LogP) is 2.24. The van der Waals surface area contributed by atoms with Gasteiger partial charge in [-0.15, -0.1) is 0 Å². The maximum Gasteiger partial charge on any atom is 0.287 e. The largest absolute Gasteiger partial charge is 0.493 e. The van der Waals surface area contributed by atoms with Crippen molar-refractivity contribution in [2.24, 2.45) is 0 Å². The minimum absolute atomic E-state index is 0.266. The van der Waals surface area contributed by atoms with Crippen molar-refractivity contribution in [2.45, 2.75) is 6.54 Å². The predicted molar refractivity (Wildman–Crippen MR) is 76.0 cm³/mol. The van der Waals surface area contributed by atoms with Crippen LogP contribution in [-0.2, 0) is 6.54 Å². The molecule has 0 spiro atoms. The number of nitrogens with one attached hydrogen (secondary N) is 1. The van der Waals surface area contributed by atoms with Gasteiger partial charge < -0.3 is 23.9 Å². The average molecular weight is 291 g/mol. The van der Waals surface area contributed by atoms with Crippen LogP contribution in [0.2, 0.25) is 0 Å². The van der Waals surface area contributed by atoms with Crippen LogP contribution in [0, 0.1) is 0 Å². The van der Waals surface area contributed by atoms with Gasteiger partial charge in [-0.1, -0.05) is 0 Å². The molecule has 0 atom stereocenters. The Kier molecular flexibility index (Phi) is 4.71. The van der Waals surface area contributed by atoms with E-state index in [4.69, 9.17) is 18.6 Å². The lowest BCUT2D eigenvalue weighted by Crippen LogP contribution is -2.22. The van der Waals surface area contributed by atoms with Crippen LogP contribution in [0.5, 0.6) is 17.2 Å². The van der Waals surface area contributed by atoms with Gasteiger partial charge in [0.25, 0.3) is 5.91 Å². The molecule has 0 unspecified atom stereocenters. The summed E-state index contributed by atoms with van der Waals surface area (Å²) in [6.07, 6.45) is 1.45. The Bertz CT molecular complexity index is 582. The SMILES string of the molecule is COc1cc(CNC(=O)c2ccco2)cc(OC)c1OC. The molecule has 0 saturated heterocycles. The normalized spacial score (nSPS) is 10.0. The van der Waals surface area contributed by atoms with E-state index < -0.39 is 0 Å². The Balaban J connectivity index is 2.15. The Morgan fingerprint density at radius 1 is 1.14 bits per heavy atom. The van der Waals surface area contributed by atoms with E-state index in [9.17, 15) is 4.79 Å². The molecule has 1 heterocycles. The Morgan fingerprint density at radius 2 is 1.81 bits per heavy atom. The lowest BCUT2D eigenvalue weighted by molar-refractivity contribution is 0.0923. The summed E-state index contributed by atoms with van der Waals surface area (Å²) < 4.78 is 20.8. The third-order valence-corrected chi connectivity index (χ3v) is 2.92. The van der Waals surface area contributed by atoms with Crippen LogP contribution in [0.15, 0.2) is 34.9 Å². The first-order chi connectivity index (χ1) is 10.2. The smallest absolute Gasteiger partial charge is 0.287 e. The number of amides is 1. The van der Waals surface area contributed by atoms with Gasteiger partial charge in [-0.05, 0) is 29.8 Å². The van der Waals surface area contributed by atoms with E-state index in [1.807, 2.05) is 0 Å². The number of furan rings is 1. The Hall–Kier alpha value is -2.63. The first-order valence-corrected chi connectivity index (χ1v) is 6.30. The molecule has 2 rings (SSSR count). The van der Waals surface area contributed by atoms with Gasteiger partial charge in [0.05, 0.1) is 27.6 Å². The highest BCUT2D eigenvalue weighted by Gasteiger charge is 2.14. The van der Waals surface area contributed by atoms with Crippen molar-refractivity contribution < 1.29 is 23.4 Å². The number of hydrogen-bond donors (Lipinski definition) is 1. The van der Waals surface area contributed by atoms with E-state index >= 15 is 0 Å². The zero-order valence-electron chi connectivity index (χ0n) is 12.1. The van der Waals surface area contributed by atoms with E-state index in [0.717, 1.165) is 5.56 Å². The Morgan fingerprint density at radius 3 is 2.29 bits per heavy atom. The second-order valence-corrected chi connectivity index (χ2v) is 4.19. The van der Waals surface area contributed by atoms with E-state index in [1.165, 1.54) is 6.26 Å². The van der Waals surface area contributed by atoms with Crippen molar-refractivity contribution in [1.29, 1.82) is 0 Å². The van der Waals surface area contributed by atoms with Crippen molar-refractivity contribution in [3.63, 3.8) is 0 Å². The monoisotopic (exact) mass is 291 g/mol. The highest BCUT2D eigenvalue weighted by Crippen LogP contribution is 2.38. The third kappa shape index (κ3) is 3.28. The number of ether oxygens (including phenoxy) is 3. The molecule has 6 heteroatoms. The summed E-state index contributed by atoms with van der Waals surface area (Å²) in [7, 11) is 4.63. The zero-order valence-corrected chi connectivity index (χ0v) is 12.1. The fourth-order valence-electron chi connectivity index (χ4n) is 1.91. The maximum absolute atomic E-state index is 11.8. The number of carbonyl (C=O) groups is 1. The van der Waals surface area contributed by atoms with Gasteiger partial charge in [-0.25, -0.2) is 0 Å². The van der Waals surface area contributed by atoms with Crippen molar-refractivity contribution in [1.82, 2.24) is 5.32 Å². The summed E-state index contributed by atoms with van der Waals surface area (Å²) in [6.45, 7) is 0.316. The molecule has 6 nitrogen and oxygen atoms in total. The molecular formula is C15H17NO5. The molecule has 1 aromatic carbocycles. The standard InChI is InChI=1S/C15H17NO5/c1-18-12-7-10(8-13(19-2)14(12)20-3)9-16-15(17)11-5-4-6-21-11/h4-8H,9H2,1-3H3,(H,16,17). The van der Waals surface area contributed by atoms with Crippen molar-refractivity contribution in [3.8, 4) is 17.2 Å². The first-order valence-electron chi connectivity index (χ1n) is 6.30.